The molecule has 0 saturated heterocycles. The Morgan fingerprint density at radius 2 is 1.85 bits per heavy atom. The first-order valence-electron chi connectivity index (χ1n) is 11.7. The minimum absolute atomic E-state index is 0.0690. The van der Waals surface area contributed by atoms with Crippen LogP contribution in [0.5, 0.6) is 0 Å². The van der Waals surface area contributed by atoms with Crippen molar-refractivity contribution in [2.75, 3.05) is 5.73 Å². The monoisotopic (exact) mass is 486 g/mol. The average Bonchev–Trinajstić information content (AvgIpc) is 3.12. The lowest BCUT2D eigenvalue weighted by molar-refractivity contribution is -0.136. The summed E-state index contributed by atoms with van der Waals surface area (Å²) in [6.45, 7) is 0.207. The van der Waals surface area contributed by atoms with E-state index in [9.17, 15) is 18.0 Å². The normalized spacial score (nSPS) is 27.9. The molecule has 0 aromatic carbocycles. The first-order chi connectivity index (χ1) is 16.2. The standard InChI is InChI=1S/C25H25F3N4OS/c26-25(27,28)17-7-18(24-8-14-4-15(9-24)6-16(5-14)10-24)32-23-19(17)20(29)21(34-23)22(33)31-12-13-2-1-3-30-11-13/h1-3,7,11,14-16H,4-6,8-10,12,29H2,(H,31,33). The van der Waals surface area contributed by atoms with E-state index in [2.05, 4.69) is 10.3 Å². The maximum atomic E-state index is 14.2. The van der Waals surface area contributed by atoms with E-state index in [1.807, 2.05) is 6.07 Å². The van der Waals surface area contributed by atoms with Crippen LogP contribution >= 0.6 is 11.3 Å². The van der Waals surface area contributed by atoms with E-state index >= 15 is 0 Å². The van der Waals surface area contributed by atoms with Gasteiger partial charge in [0.25, 0.3) is 5.91 Å². The SMILES string of the molecule is Nc1c(C(=O)NCc2cccnc2)sc2nc(C34CC5CC(CC(C5)C3)C4)cc(C(F)(F)F)c12. The summed E-state index contributed by atoms with van der Waals surface area (Å²) in [5.41, 5.74) is 6.27. The fourth-order valence-electron chi connectivity index (χ4n) is 6.97. The number of carbonyl (C=O) groups excluding carboxylic acids is 1. The van der Waals surface area contributed by atoms with Gasteiger partial charge in [-0.15, -0.1) is 11.3 Å². The van der Waals surface area contributed by atoms with Crippen LogP contribution in [0.3, 0.4) is 0 Å². The van der Waals surface area contributed by atoms with Gasteiger partial charge < -0.3 is 11.1 Å². The number of halogens is 3. The Hall–Kier alpha value is -2.68. The Morgan fingerprint density at radius 3 is 2.44 bits per heavy atom. The number of pyridine rings is 2. The van der Waals surface area contributed by atoms with Gasteiger partial charge in [-0.3, -0.25) is 9.78 Å². The van der Waals surface area contributed by atoms with Gasteiger partial charge in [-0.1, -0.05) is 6.07 Å². The molecule has 0 atom stereocenters. The molecule has 7 rings (SSSR count). The van der Waals surface area contributed by atoms with Crippen molar-refractivity contribution in [2.45, 2.75) is 56.7 Å². The second-order valence-corrected chi connectivity index (χ2v) is 11.3. The summed E-state index contributed by atoms with van der Waals surface area (Å²) in [5, 5.41) is 2.59. The minimum atomic E-state index is -4.59. The van der Waals surface area contributed by atoms with E-state index < -0.39 is 17.6 Å². The van der Waals surface area contributed by atoms with Gasteiger partial charge in [0.2, 0.25) is 0 Å². The van der Waals surface area contributed by atoms with Crippen molar-refractivity contribution >= 4 is 33.1 Å². The predicted octanol–water partition coefficient (Wildman–Crippen LogP) is 5.69. The van der Waals surface area contributed by atoms with Crippen molar-refractivity contribution in [1.82, 2.24) is 15.3 Å². The second-order valence-electron chi connectivity index (χ2n) is 10.3. The number of amides is 1. The van der Waals surface area contributed by atoms with E-state index in [1.54, 1.807) is 18.5 Å². The molecule has 0 radical (unpaired) electrons. The number of carbonyl (C=O) groups is 1. The zero-order valence-corrected chi connectivity index (χ0v) is 19.3. The molecule has 3 heterocycles. The fourth-order valence-corrected chi connectivity index (χ4v) is 8.01. The van der Waals surface area contributed by atoms with Crippen LogP contribution in [0.2, 0.25) is 0 Å². The van der Waals surface area contributed by atoms with Gasteiger partial charge in [0.05, 0.1) is 11.3 Å². The summed E-state index contributed by atoms with van der Waals surface area (Å²) in [6.07, 6.45) is 4.98. The summed E-state index contributed by atoms with van der Waals surface area (Å²) >= 11 is 0.952. The van der Waals surface area contributed by atoms with Crippen LogP contribution in [0, 0.1) is 17.8 Å². The van der Waals surface area contributed by atoms with Gasteiger partial charge in [-0.25, -0.2) is 4.98 Å². The third-order valence-corrected chi connectivity index (χ3v) is 9.07. The van der Waals surface area contributed by atoms with Crippen LogP contribution in [0.15, 0.2) is 30.6 Å². The highest BCUT2D eigenvalue weighted by atomic mass is 32.1. The number of nitrogens with one attached hydrogen (secondary N) is 1. The molecule has 4 aliphatic carbocycles. The molecule has 9 heteroatoms. The van der Waals surface area contributed by atoms with Gasteiger partial charge in [0.15, 0.2) is 0 Å². The van der Waals surface area contributed by atoms with Gasteiger partial charge in [-0.2, -0.15) is 13.2 Å². The first-order valence-corrected chi connectivity index (χ1v) is 12.5. The summed E-state index contributed by atoms with van der Waals surface area (Å²) in [4.78, 5) is 21.9. The molecular weight excluding hydrogens is 461 g/mol. The quantitative estimate of drug-likeness (QED) is 0.496. The third-order valence-electron chi connectivity index (χ3n) is 7.97. The Kier molecular flexibility index (Phi) is 4.92. The molecule has 178 valence electrons. The van der Waals surface area contributed by atoms with E-state index in [-0.39, 0.29) is 32.7 Å². The molecular formula is C25H25F3N4OS. The number of hydrogen-bond acceptors (Lipinski definition) is 5. The number of hydrogen-bond donors (Lipinski definition) is 2. The highest BCUT2D eigenvalue weighted by Crippen LogP contribution is 2.61. The molecule has 0 aliphatic heterocycles. The van der Waals surface area contributed by atoms with Crippen LogP contribution in [-0.4, -0.2) is 15.9 Å². The Balaban J connectivity index is 1.41. The van der Waals surface area contributed by atoms with Crippen molar-refractivity contribution < 1.29 is 18.0 Å². The molecule has 34 heavy (non-hydrogen) atoms. The molecule has 4 saturated carbocycles. The number of nitrogen functional groups attached to an aromatic ring is 1. The molecule has 0 unspecified atom stereocenters. The lowest BCUT2D eigenvalue weighted by atomic mass is 9.48. The molecule has 3 N–H and O–H groups in total. The number of anilines is 1. The van der Waals surface area contributed by atoms with Crippen molar-refractivity contribution in [3.63, 3.8) is 0 Å². The van der Waals surface area contributed by atoms with Crippen molar-refractivity contribution in [3.8, 4) is 0 Å². The Morgan fingerprint density at radius 1 is 1.18 bits per heavy atom. The van der Waals surface area contributed by atoms with Crippen LogP contribution in [-0.2, 0) is 18.1 Å². The highest BCUT2D eigenvalue weighted by Gasteiger charge is 2.53. The van der Waals surface area contributed by atoms with Crippen molar-refractivity contribution in [3.05, 3.63) is 52.3 Å². The topological polar surface area (TPSA) is 80.9 Å². The largest absolute Gasteiger partial charge is 0.417 e. The van der Waals surface area contributed by atoms with Crippen molar-refractivity contribution in [1.29, 1.82) is 0 Å². The smallest absolute Gasteiger partial charge is 0.397 e. The molecule has 1 amide bonds. The maximum absolute atomic E-state index is 14.2. The van der Waals surface area contributed by atoms with E-state index in [0.29, 0.717) is 23.4 Å². The fraction of sp³-hybridized carbons (Fsp3) is 0.480. The van der Waals surface area contributed by atoms with Crippen LogP contribution < -0.4 is 11.1 Å². The highest BCUT2D eigenvalue weighted by molar-refractivity contribution is 7.21. The van der Waals surface area contributed by atoms with Crippen LogP contribution in [0.25, 0.3) is 10.2 Å². The molecule has 4 aliphatic rings. The molecule has 5 nitrogen and oxygen atoms in total. The van der Waals surface area contributed by atoms with E-state index in [0.717, 1.165) is 36.2 Å². The Labute approximate surface area is 199 Å². The zero-order valence-electron chi connectivity index (χ0n) is 18.5. The number of rotatable bonds is 4. The number of nitrogens with two attached hydrogens (primary N) is 1. The molecule has 4 fully saturated rings. The number of alkyl halides is 3. The molecule has 3 aromatic heterocycles. The number of nitrogens with zero attached hydrogens (tertiary/aromatic N) is 2. The molecule has 4 bridgehead atoms. The summed E-state index contributed by atoms with van der Waals surface area (Å²) in [7, 11) is 0. The van der Waals surface area contributed by atoms with Crippen LogP contribution in [0.1, 0.15) is 65.0 Å². The molecule has 0 spiro atoms. The van der Waals surface area contributed by atoms with E-state index in [4.69, 9.17) is 10.7 Å². The minimum Gasteiger partial charge on any atom is -0.397 e. The van der Waals surface area contributed by atoms with Gasteiger partial charge in [-0.05, 0) is 74.0 Å². The first kappa shape index (κ1) is 21.8. The second kappa shape index (κ2) is 7.66. The lowest BCUT2D eigenvalue weighted by Crippen LogP contribution is -2.49. The van der Waals surface area contributed by atoms with E-state index in [1.165, 1.54) is 25.3 Å². The summed E-state index contributed by atoms with van der Waals surface area (Å²) in [6, 6.07) is 4.79. The maximum Gasteiger partial charge on any atom is 0.417 e. The van der Waals surface area contributed by atoms with Crippen LogP contribution in [0.4, 0.5) is 18.9 Å². The number of thiophene rings is 1. The molecule has 3 aromatic rings. The van der Waals surface area contributed by atoms with Crippen molar-refractivity contribution in [2.24, 2.45) is 17.8 Å². The van der Waals surface area contributed by atoms with Gasteiger partial charge in [0, 0.05) is 35.4 Å². The summed E-state index contributed by atoms with van der Waals surface area (Å²) < 4.78 is 42.7. The lowest BCUT2D eigenvalue weighted by Gasteiger charge is -2.56. The average molecular weight is 487 g/mol. The number of fused-ring (bicyclic) bond motifs is 1. The Bertz CT molecular complexity index is 1240. The third kappa shape index (κ3) is 3.56. The predicted molar refractivity (Wildman–Crippen MR) is 124 cm³/mol. The van der Waals surface area contributed by atoms with Gasteiger partial charge >= 0.3 is 6.18 Å². The summed E-state index contributed by atoms with van der Waals surface area (Å²) in [5.74, 6) is 1.25. The number of aromatic nitrogens is 2. The van der Waals surface area contributed by atoms with Gasteiger partial charge in [0.1, 0.15) is 9.71 Å². The zero-order chi connectivity index (χ0) is 23.7.